The fourth-order valence-corrected chi connectivity index (χ4v) is 3.05. The SMILES string of the molecule is COc1cccc2[nH]c(-c3ccc4c(c3)NC(=O)C4(C)C)nc12. The molecule has 116 valence electrons. The van der Waals surface area contributed by atoms with Gasteiger partial charge >= 0.3 is 0 Å². The van der Waals surface area contributed by atoms with Crippen LogP contribution in [0.4, 0.5) is 5.69 Å². The van der Waals surface area contributed by atoms with Gasteiger partial charge in [0.1, 0.15) is 17.1 Å². The molecule has 0 spiro atoms. The molecule has 0 radical (unpaired) electrons. The molecule has 5 heteroatoms. The number of imidazole rings is 1. The first-order valence-electron chi connectivity index (χ1n) is 7.50. The maximum Gasteiger partial charge on any atom is 0.234 e. The van der Waals surface area contributed by atoms with Crippen LogP contribution in [0.3, 0.4) is 0 Å². The van der Waals surface area contributed by atoms with Crippen molar-refractivity contribution in [3.63, 3.8) is 0 Å². The van der Waals surface area contributed by atoms with Gasteiger partial charge in [-0.25, -0.2) is 4.98 Å². The second kappa shape index (κ2) is 4.59. The number of aromatic amines is 1. The third-order valence-corrected chi connectivity index (χ3v) is 4.48. The summed E-state index contributed by atoms with van der Waals surface area (Å²) in [7, 11) is 1.64. The predicted molar refractivity (Wildman–Crippen MR) is 89.7 cm³/mol. The molecule has 1 amide bonds. The number of methoxy groups -OCH3 is 1. The van der Waals surface area contributed by atoms with E-state index in [9.17, 15) is 4.79 Å². The van der Waals surface area contributed by atoms with Crippen LogP contribution in [0, 0.1) is 0 Å². The van der Waals surface area contributed by atoms with E-state index >= 15 is 0 Å². The molecule has 1 aromatic heterocycles. The van der Waals surface area contributed by atoms with Crippen molar-refractivity contribution in [2.24, 2.45) is 0 Å². The van der Waals surface area contributed by atoms with Crippen molar-refractivity contribution in [3.05, 3.63) is 42.0 Å². The lowest BCUT2D eigenvalue weighted by Gasteiger charge is -2.14. The third kappa shape index (κ3) is 1.93. The summed E-state index contributed by atoms with van der Waals surface area (Å²) in [5.41, 5.74) is 4.02. The normalized spacial score (nSPS) is 15.5. The van der Waals surface area contributed by atoms with Gasteiger partial charge in [0.25, 0.3) is 0 Å². The lowest BCUT2D eigenvalue weighted by atomic mass is 9.86. The van der Waals surface area contributed by atoms with Crippen LogP contribution >= 0.6 is 0 Å². The van der Waals surface area contributed by atoms with Crippen molar-refractivity contribution in [3.8, 4) is 17.1 Å². The van der Waals surface area contributed by atoms with Crippen molar-refractivity contribution in [1.29, 1.82) is 0 Å². The molecule has 2 N–H and O–H groups in total. The topological polar surface area (TPSA) is 67.0 Å². The molecule has 0 aliphatic carbocycles. The molecule has 0 saturated carbocycles. The molecule has 23 heavy (non-hydrogen) atoms. The second-order valence-corrected chi connectivity index (χ2v) is 6.28. The summed E-state index contributed by atoms with van der Waals surface area (Å²) in [6.45, 7) is 3.86. The van der Waals surface area contributed by atoms with Crippen LogP contribution in [-0.4, -0.2) is 23.0 Å². The van der Waals surface area contributed by atoms with E-state index in [0.29, 0.717) is 0 Å². The minimum atomic E-state index is -0.495. The first-order valence-corrected chi connectivity index (χ1v) is 7.50. The molecule has 5 nitrogen and oxygen atoms in total. The largest absolute Gasteiger partial charge is 0.494 e. The number of para-hydroxylation sites is 1. The molecule has 0 atom stereocenters. The Balaban J connectivity index is 1.84. The van der Waals surface area contributed by atoms with E-state index in [0.717, 1.165) is 39.4 Å². The summed E-state index contributed by atoms with van der Waals surface area (Å²) >= 11 is 0. The van der Waals surface area contributed by atoms with Crippen molar-refractivity contribution in [1.82, 2.24) is 9.97 Å². The number of nitrogens with one attached hydrogen (secondary N) is 2. The number of H-pyrrole nitrogens is 1. The van der Waals surface area contributed by atoms with E-state index in [-0.39, 0.29) is 5.91 Å². The van der Waals surface area contributed by atoms with Crippen LogP contribution in [0.25, 0.3) is 22.4 Å². The zero-order chi connectivity index (χ0) is 16.2. The van der Waals surface area contributed by atoms with Gasteiger partial charge in [-0.2, -0.15) is 0 Å². The number of nitrogens with zero attached hydrogens (tertiary/aromatic N) is 1. The van der Waals surface area contributed by atoms with E-state index in [4.69, 9.17) is 4.74 Å². The van der Waals surface area contributed by atoms with E-state index < -0.39 is 5.41 Å². The number of carbonyl (C=O) groups excluding carboxylic acids is 1. The number of anilines is 1. The molecular formula is C18H17N3O2. The van der Waals surface area contributed by atoms with Gasteiger partial charge in [0, 0.05) is 11.3 Å². The Bertz CT molecular complexity index is 941. The Morgan fingerprint density at radius 1 is 1.17 bits per heavy atom. The molecule has 0 saturated heterocycles. The Kier molecular flexibility index (Phi) is 2.75. The molecular weight excluding hydrogens is 290 g/mol. The van der Waals surface area contributed by atoms with E-state index in [1.54, 1.807) is 7.11 Å². The van der Waals surface area contributed by atoms with Crippen LogP contribution in [0.5, 0.6) is 5.75 Å². The maximum absolute atomic E-state index is 12.1. The number of benzene rings is 2. The van der Waals surface area contributed by atoms with Gasteiger partial charge in [-0.1, -0.05) is 18.2 Å². The Morgan fingerprint density at radius 3 is 2.78 bits per heavy atom. The lowest BCUT2D eigenvalue weighted by molar-refractivity contribution is -0.119. The number of hydrogen-bond donors (Lipinski definition) is 2. The monoisotopic (exact) mass is 307 g/mol. The summed E-state index contributed by atoms with van der Waals surface area (Å²) in [6, 6.07) is 11.7. The van der Waals surface area contributed by atoms with E-state index in [2.05, 4.69) is 15.3 Å². The highest BCUT2D eigenvalue weighted by atomic mass is 16.5. The van der Waals surface area contributed by atoms with Crippen molar-refractivity contribution in [2.75, 3.05) is 12.4 Å². The standard InChI is InChI=1S/C18H17N3O2/c1-18(2)11-8-7-10(9-13(11)20-17(18)22)16-19-12-5-4-6-14(23-3)15(12)21-16/h4-9H,1-3H3,(H,19,21)(H,20,22). The first-order chi connectivity index (χ1) is 11.0. The quantitative estimate of drug-likeness (QED) is 0.762. The number of hydrogen-bond acceptors (Lipinski definition) is 3. The van der Waals surface area contributed by atoms with Gasteiger partial charge in [-0.3, -0.25) is 4.79 Å². The molecule has 0 unspecified atom stereocenters. The predicted octanol–water partition coefficient (Wildman–Crippen LogP) is 3.47. The fraction of sp³-hybridized carbons (Fsp3) is 0.222. The zero-order valence-electron chi connectivity index (χ0n) is 13.2. The Morgan fingerprint density at radius 2 is 2.00 bits per heavy atom. The summed E-state index contributed by atoms with van der Waals surface area (Å²) in [5, 5.41) is 2.95. The van der Waals surface area contributed by atoms with Crippen molar-refractivity contribution < 1.29 is 9.53 Å². The molecule has 2 heterocycles. The summed E-state index contributed by atoms with van der Waals surface area (Å²) in [6.07, 6.45) is 0. The van der Waals surface area contributed by atoms with Crippen LogP contribution in [-0.2, 0) is 10.2 Å². The zero-order valence-corrected chi connectivity index (χ0v) is 13.2. The van der Waals surface area contributed by atoms with Crippen molar-refractivity contribution in [2.45, 2.75) is 19.3 Å². The Hall–Kier alpha value is -2.82. The minimum Gasteiger partial charge on any atom is -0.494 e. The maximum atomic E-state index is 12.1. The molecule has 0 bridgehead atoms. The van der Waals surface area contributed by atoms with Crippen LogP contribution < -0.4 is 10.1 Å². The van der Waals surface area contributed by atoms with Crippen LogP contribution in [0.1, 0.15) is 19.4 Å². The third-order valence-electron chi connectivity index (χ3n) is 4.48. The fourth-order valence-electron chi connectivity index (χ4n) is 3.05. The molecule has 2 aromatic carbocycles. The number of amides is 1. The van der Waals surface area contributed by atoms with Gasteiger partial charge < -0.3 is 15.0 Å². The average Bonchev–Trinajstić information content (AvgIpc) is 3.06. The number of rotatable bonds is 2. The van der Waals surface area contributed by atoms with Gasteiger partial charge in [-0.05, 0) is 37.6 Å². The molecule has 1 aliphatic heterocycles. The Labute approximate surface area is 133 Å². The lowest BCUT2D eigenvalue weighted by Crippen LogP contribution is -2.26. The number of fused-ring (bicyclic) bond motifs is 2. The number of carbonyl (C=O) groups is 1. The van der Waals surface area contributed by atoms with Gasteiger partial charge in [0.15, 0.2) is 0 Å². The highest BCUT2D eigenvalue weighted by Crippen LogP contribution is 2.39. The molecule has 4 rings (SSSR count). The highest BCUT2D eigenvalue weighted by Gasteiger charge is 2.38. The van der Waals surface area contributed by atoms with Crippen LogP contribution in [0.15, 0.2) is 36.4 Å². The van der Waals surface area contributed by atoms with Gasteiger partial charge in [-0.15, -0.1) is 0 Å². The number of aromatic nitrogens is 2. The molecule has 0 fully saturated rings. The van der Waals surface area contributed by atoms with Gasteiger partial charge in [0.2, 0.25) is 5.91 Å². The summed E-state index contributed by atoms with van der Waals surface area (Å²) in [5.74, 6) is 1.52. The molecule has 1 aliphatic rings. The van der Waals surface area contributed by atoms with E-state index in [1.165, 1.54) is 0 Å². The second-order valence-electron chi connectivity index (χ2n) is 6.28. The van der Waals surface area contributed by atoms with Gasteiger partial charge in [0.05, 0.1) is 18.0 Å². The molecule has 3 aromatic rings. The van der Waals surface area contributed by atoms with E-state index in [1.807, 2.05) is 50.2 Å². The highest BCUT2D eigenvalue weighted by molar-refractivity contribution is 6.06. The number of ether oxygens (including phenoxy) is 1. The summed E-state index contributed by atoms with van der Waals surface area (Å²) < 4.78 is 5.35. The minimum absolute atomic E-state index is 0.0240. The smallest absolute Gasteiger partial charge is 0.234 e. The average molecular weight is 307 g/mol. The van der Waals surface area contributed by atoms with Crippen LogP contribution in [0.2, 0.25) is 0 Å². The van der Waals surface area contributed by atoms with Crippen molar-refractivity contribution >= 4 is 22.6 Å². The summed E-state index contributed by atoms with van der Waals surface area (Å²) in [4.78, 5) is 20.0. The first kappa shape index (κ1) is 13.8.